The molecule has 2 aromatic rings. The van der Waals surface area contributed by atoms with Gasteiger partial charge < -0.3 is 4.90 Å². The first kappa shape index (κ1) is 13.3. The molecule has 6 nitrogen and oxygen atoms in total. The van der Waals surface area contributed by atoms with Crippen molar-refractivity contribution < 1.29 is 9.59 Å². The Morgan fingerprint density at radius 3 is 2.45 bits per heavy atom. The number of Topliss-reactive ketones (excluding diaryl/α,β-unsaturated/α-hetero) is 2. The van der Waals surface area contributed by atoms with Gasteiger partial charge in [0.2, 0.25) is 5.78 Å². The minimum atomic E-state index is -0.548. The molecule has 0 N–H and O–H groups in total. The van der Waals surface area contributed by atoms with Crippen LogP contribution < -0.4 is 0 Å². The summed E-state index contributed by atoms with van der Waals surface area (Å²) in [6, 6.07) is 7.44. The van der Waals surface area contributed by atoms with Gasteiger partial charge in [0.25, 0.3) is 5.78 Å². The van der Waals surface area contributed by atoms with Gasteiger partial charge in [-0.05, 0) is 33.0 Å². The Morgan fingerprint density at radius 2 is 1.73 bits per heavy atom. The lowest BCUT2D eigenvalue weighted by Gasteiger charge is -2.30. The van der Waals surface area contributed by atoms with Crippen LogP contribution in [0.3, 0.4) is 0 Å². The molecule has 6 heteroatoms. The maximum atomic E-state index is 12.3. The normalized spacial score (nSPS) is 19.1. The summed E-state index contributed by atoms with van der Waals surface area (Å²) in [5.41, 5.74) is 2.12. The highest BCUT2D eigenvalue weighted by molar-refractivity contribution is 6.52. The fourth-order valence-corrected chi connectivity index (χ4v) is 3.31. The minimum absolute atomic E-state index is 0.197. The maximum Gasteiger partial charge on any atom is 0.256 e. The maximum absolute atomic E-state index is 12.3. The molecule has 0 bridgehead atoms. The standard InChI is InChI=1S/C16H16N4O2/c1-19-8-6-10(7-9-19)20-14-11-4-2-3-5-12(11)15(21)16(22)13(14)17-18-20/h2-5,10H,6-9H2,1H3. The van der Waals surface area contributed by atoms with Crippen LogP contribution in [-0.4, -0.2) is 51.6 Å². The number of hydrogen-bond donors (Lipinski definition) is 0. The van der Waals surface area contributed by atoms with Gasteiger partial charge in [-0.25, -0.2) is 4.68 Å². The fraction of sp³-hybridized carbons (Fsp3) is 0.375. The largest absolute Gasteiger partial charge is 0.306 e. The molecule has 0 spiro atoms. The zero-order valence-electron chi connectivity index (χ0n) is 12.3. The van der Waals surface area contributed by atoms with Crippen molar-refractivity contribution in [2.75, 3.05) is 20.1 Å². The molecule has 0 atom stereocenters. The van der Waals surface area contributed by atoms with Crippen molar-refractivity contribution in [3.05, 3.63) is 35.5 Å². The predicted octanol–water partition coefficient (Wildman–Crippen LogP) is 1.59. The lowest BCUT2D eigenvalue weighted by atomic mass is 9.89. The molecule has 112 valence electrons. The second kappa shape index (κ2) is 4.84. The summed E-state index contributed by atoms with van der Waals surface area (Å²) in [4.78, 5) is 26.7. The van der Waals surface area contributed by atoms with E-state index in [2.05, 4.69) is 22.3 Å². The van der Waals surface area contributed by atoms with Crippen molar-refractivity contribution in [2.45, 2.75) is 18.9 Å². The Hall–Kier alpha value is -2.34. The van der Waals surface area contributed by atoms with E-state index in [1.54, 1.807) is 12.1 Å². The molecule has 1 saturated heterocycles. The molecular weight excluding hydrogens is 280 g/mol. The Bertz CT molecular complexity index is 772. The Balaban J connectivity index is 1.85. The number of rotatable bonds is 1. The predicted molar refractivity (Wildman–Crippen MR) is 79.9 cm³/mol. The number of likely N-dealkylation sites (tertiary alicyclic amines) is 1. The van der Waals surface area contributed by atoms with Gasteiger partial charge in [0, 0.05) is 11.1 Å². The molecule has 1 aliphatic carbocycles. The molecule has 0 radical (unpaired) electrons. The van der Waals surface area contributed by atoms with Gasteiger partial charge in [-0.15, -0.1) is 5.10 Å². The van der Waals surface area contributed by atoms with E-state index >= 15 is 0 Å². The number of piperidine rings is 1. The van der Waals surface area contributed by atoms with Crippen LogP contribution in [0.4, 0.5) is 0 Å². The number of carbonyl (C=O) groups excluding carboxylic acids is 2. The van der Waals surface area contributed by atoms with E-state index < -0.39 is 11.6 Å². The third-order valence-electron chi connectivity index (χ3n) is 4.58. The van der Waals surface area contributed by atoms with Crippen LogP contribution in [0, 0.1) is 0 Å². The summed E-state index contributed by atoms with van der Waals surface area (Å²) in [6.07, 6.45) is 1.94. The lowest BCUT2D eigenvalue weighted by molar-refractivity contribution is 0.0812. The Kier molecular flexibility index (Phi) is 2.94. The summed E-state index contributed by atoms with van der Waals surface area (Å²) < 4.78 is 1.85. The number of fused-ring (bicyclic) bond motifs is 3. The minimum Gasteiger partial charge on any atom is -0.306 e. The lowest BCUT2D eigenvalue weighted by Crippen LogP contribution is -2.32. The van der Waals surface area contributed by atoms with E-state index in [0.29, 0.717) is 11.3 Å². The van der Waals surface area contributed by atoms with Gasteiger partial charge in [-0.1, -0.05) is 29.5 Å². The SMILES string of the molecule is CN1CCC(n2nnc3c2-c2ccccc2C(=O)C3=O)CC1. The summed E-state index contributed by atoms with van der Waals surface area (Å²) in [5.74, 6) is -1.04. The third kappa shape index (κ3) is 1.84. The quantitative estimate of drug-likeness (QED) is 0.748. The van der Waals surface area contributed by atoms with Crippen LogP contribution in [0.1, 0.15) is 39.7 Å². The fourth-order valence-electron chi connectivity index (χ4n) is 3.31. The van der Waals surface area contributed by atoms with Crippen molar-refractivity contribution in [3.8, 4) is 11.3 Å². The molecule has 2 heterocycles. The second-order valence-electron chi connectivity index (χ2n) is 5.97. The van der Waals surface area contributed by atoms with E-state index in [0.717, 1.165) is 31.5 Å². The molecule has 0 saturated carbocycles. The molecule has 1 aromatic carbocycles. The van der Waals surface area contributed by atoms with Gasteiger partial charge >= 0.3 is 0 Å². The summed E-state index contributed by atoms with van der Waals surface area (Å²) in [7, 11) is 2.10. The van der Waals surface area contributed by atoms with Crippen LogP contribution >= 0.6 is 0 Å². The van der Waals surface area contributed by atoms with Gasteiger partial charge in [0.05, 0.1) is 6.04 Å². The van der Waals surface area contributed by atoms with Gasteiger partial charge in [-0.3, -0.25) is 9.59 Å². The number of hydrogen-bond acceptors (Lipinski definition) is 5. The van der Waals surface area contributed by atoms with Gasteiger partial charge in [0.1, 0.15) is 5.69 Å². The summed E-state index contributed by atoms with van der Waals surface area (Å²) >= 11 is 0. The number of benzene rings is 1. The van der Waals surface area contributed by atoms with E-state index in [1.165, 1.54) is 0 Å². The number of ketones is 2. The molecule has 0 unspecified atom stereocenters. The number of carbonyl (C=O) groups is 2. The average Bonchev–Trinajstić information content (AvgIpc) is 2.98. The van der Waals surface area contributed by atoms with E-state index in [1.807, 2.05) is 16.8 Å². The average molecular weight is 296 g/mol. The molecule has 1 fully saturated rings. The number of nitrogens with zero attached hydrogens (tertiary/aromatic N) is 4. The smallest absolute Gasteiger partial charge is 0.256 e. The summed E-state index contributed by atoms with van der Waals surface area (Å²) in [6.45, 7) is 1.99. The number of aromatic nitrogens is 3. The third-order valence-corrected chi connectivity index (χ3v) is 4.58. The van der Waals surface area contributed by atoms with Crippen molar-refractivity contribution in [2.24, 2.45) is 0 Å². The van der Waals surface area contributed by atoms with Crippen molar-refractivity contribution in [3.63, 3.8) is 0 Å². The van der Waals surface area contributed by atoms with Crippen LogP contribution in [0.2, 0.25) is 0 Å². The zero-order chi connectivity index (χ0) is 15.3. The highest BCUT2D eigenvalue weighted by atomic mass is 16.2. The Labute approximate surface area is 127 Å². The topological polar surface area (TPSA) is 68.1 Å². The highest BCUT2D eigenvalue weighted by Gasteiger charge is 2.36. The Morgan fingerprint density at radius 1 is 1.05 bits per heavy atom. The van der Waals surface area contributed by atoms with Crippen molar-refractivity contribution in [1.29, 1.82) is 0 Å². The van der Waals surface area contributed by atoms with E-state index in [-0.39, 0.29) is 11.7 Å². The highest BCUT2D eigenvalue weighted by Crippen LogP contribution is 2.35. The zero-order valence-corrected chi connectivity index (χ0v) is 12.3. The van der Waals surface area contributed by atoms with Crippen LogP contribution in [-0.2, 0) is 0 Å². The van der Waals surface area contributed by atoms with Crippen LogP contribution in [0.15, 0.2) is 24.3 Å². The first-order valence-corrected chi connectivity index (χ1v) is 7.49. The van der Waals surface area contributed by atoms with Crippen LogP contribution in [0.25, 0.3) is 11.3 Å². The molecule has 22 heavy (non-hydrogen) atoms. The van der Waals surface area contributed by atoms with Crippen molar-refractivity contribution in [1.82, 2.24) is 19.9 Å². The molecule has 0 amide bonds. The monoisotopic (exact) mass is 296 g/mol. The molecule has 2 aliphatic rings. The summed E-state index contributed by atoms with van der Waals surface area (Å²) in [5, 5.41) is 8.22. The van der Waals surface area contributed by atoms with Crippen LogP contribution in [0.5, 0.6) is 0 Å². The molecule has 1 aliphatic heterocycles. The first-order valence-electron chi connectivity index (χ1n) is 7.49. The molecule has 4 rings (SSSR count). The van der Waals surface area contributed by atoms with E-state index in [4.69, 9.17) is 0 Å². The molecular formula is C16H16N4O2. The second-order valence-corrected chi connectivity index (χ2v) is 5.97. The first-order chi connectivity index (χ1) is 10.7. The van der Waals surface area contributed by atoms with Gasteiger partial charge in [0.15, 0.2) is 5.69 Å². The molecule has 1 aromatic heterocycles. The van der Waals surface area contributed by atoms with Crippen molar-refractivity contribution >= 4 is 11.6 Å². The van der Waals surface area contributed by atoms with E-state index in [9.17, 15) is 9.59 Å². The van der Waals surface area contributed by atoms with Gasteiger partial charge in [-0.2, -0.15) is 0 Å².